The molecule has 5 heteroatoms. The fourth-order valence-corrected chi connectivity index (χ4v) is 5.06. The number of hydrogen-bond donors (Lipinski definition) is 0. The number of rotatable bonds is 3. The molecular weight excluding hydrogens is 342 g/mol. The number of amides is 2. The van der Waals surface area contributed by atoms with Gasteiger partial charge in [0.1, 0.15) is 5.75 Å². The van der Waals surface area contributed by atoms with Crippen molar-refractivity contribution in [3.8, 4) is 5.75 Å². The first-order valence-corrected chi connectivity index (χ1v) is 9.38. The lowest BCUT2D eigenvalue weighted by Gasteiger charge is -2.19. The molecule has 0 radical (unpaired) electrons. The zero-order valence-corrected chi connectivity index (χ0v) is 14.7. The molecule has 5 nitrogen and oxygen atoms in total. The van der Waals surface area contributed by atoms with Crippen LogP contribution in [-0.2, 0) is 9.59 Å². The van der Waals surface area contributed by atoms with Gasteiger partial charge in [0, 0.05) is 0 Å². The van der Waals surface area contributed by atoms with Gasteiger partial charge in [-0.25, -0.2) is 4.79 Å². The van der Waals surface area contributed by atoms with E-state index in [2.05, 4.69) is 0 Å². The molecule has 3 fully saturated rings. The molecule has 136 valence electrons. The summed E-state index contributed by atoms with van der Waals surface area (Å²) in [5.74, 6) is 0.302. The monoisotopic (exact) mass is 361 g/mol. The predicted octanol–water partition coefficient (Wildman–Crippen LogP) is 3.44. The smallest absolute Gasteiger partial charge is 0.343 e. The van der Waals surface area contributed by atoms with E-state index in [-0.39, 0.29) is 23.7 Å². The normalized spacial score (nSPS) is 28.5. The molecule has 1 saturated heterocycles. The predicted molar refractivity (Wildman–Crippen MR) is 98.1 cm³/mol. The second-order valence-electron chi connectivity index (χ2n) is 7.65. The summed E-state index contributed by atoms with van der Waals surface area (Å²) >= 11 is 0. The Hall–Kier alpha value is -2.95. The molecular formula is C22H19NO4. The standard InChI is InChI=1S/C22H19NO4/c24-20-18-14-6-7-15(12-14)19(18)21(25)23(20)16-10-8-13(9-11-16)22(26)27-17-4-2-1-3-5-17/h1-5,8-11,14-15,18-19H,6-7,12H2/t14-,15+,18+,19-. The minimum atomic E-state index is -0.471. The van der Waals surface area contributed by atoms with Crippen LogP contribution in [0.1, 0.15) is 29.6 Å². The maximum Gasteiger partial charge on any atom is 0.343 e. The summed E-state index contributed by atoms with van der Waals surface area (Å²) in [6.07, 6.45) is 3.14. The van der Waals surface area contributed by atoms with Crippen molar-refractivity contribution in [2.45, 2.75) is 19.3 Å². The third kappa shape index (κ3) is 2.49. The molecule has 5 rings (SSSR count). The number of anilines is 1. The maximum absolute atomic E-state index is 12.9. The van der Waals surface area contributed by atoms with Crippen LogP contribution in [0.4, 0.5) is 5.69 Å². The van der Waals surface area contributed by atoms with Crippen LogP contribution in [0.25, 0.3) is 0 Å². The summed E-state index contributed by atoms with van der Waals surface area (Å²) in [4.78, 5) is 39.3. The number of hydrogen-bond acceptors (Lipinski definition) is 4. The van der Waals surface area contributed by atoms with Crippen molar-refractivity contribution in [1.82, 2.24) is 0 Å². The number of ether oxygens (including phenoxy) is 1. The lowest BCUT2D eigenvalue weighted by atomic mass is 9.81. The minimum Gasteiger partial charge on any atom is -0.423 e. The van der Waals surface area contributed by atoms with E-state index in [1.165, 1.54) is 4.90 Å². The van der Waals surface area contributed by atoms with Gasteiger partial charge < -0.3 is 4.74 Å². The highest BCUT2D eigenvalue weighted by Crippen LogP contribution is 2.56. The first kappa shape index (κ1) is 16.2. The molecule has 2 amide bonds. The zero-order chi connectivity index (χ0) is 18.5. The Morgan fingerprint density at radius 2 is 1.44 bits per heavy atom. The lowest BCUT2D eigenvalue weighted by Crippen LogP contribution is -2.32. The number of nitrogens with zero attached hydrogens (tertiary/aromatic N) is 1. The molecule has 0 aromatic heterocycles. The molecule has 2 saturated carbocycles. The van der Waals surface area contributed by atoms with Crippen molar-refractivity contribution in [1.29, 1.82) is 0 Å². The van der Waals surface area contributed by atoms with Gasteiger partial charge in [0.2, 0.25) is 11.8 Å². The van der Waals surface area contributed by atoms with Crippen LogP contribution in [0.3, 0.4) is 0 Å². The van der Waals surface area contributed by atoms with Crippen molar-refractivity contribution in [2.24, 2.45) is 23.7 Å². The molecule has 1 aliphatic heterocycles. The number of carbonyl (C=O) groups is 3. The molecule has 2 aliphatic carbocycles. The Morgan fingerprint density at radius 1 is 0.852 bits per heavy atom. The molecule has 4 atom stereocenters. The number of fused-ring (bicyclic) bond motifs is 5. The van der Waals surface area contributed by atoms with E-state index in [1.807, 2.05) is 6.07 Å². The van der Waals surface area contributed by atoms with Crippen LogP contribution in [0.15, 0.2) is 54.6 Å². The molecule has 2 aromatic rings. The number of para-hydroxylation sites is 1. The first-order valence-electron chi connectivity index (χ1n) is 9.38. The van der Waals surface area contributed by atoms with Gasteiger partial charge >= 0.3 is 5.97 Å². The highest BCUT2D eigenvalue weighted by atomic mass is 16.5. The number of esters is 1. The zero-order valence-electron chi connectivity index (χ0n) is 14.7. The van der Waals surface area contributed by atoms with E-state index >= 15 is 0 Å². The molecule has 0 unspecified atom stereocenters. The Balaban J connectivity index is 1.36. The van der Waals surface area contributed by atoms with Gasteiger partial charge in [0.15, 0.2) is 0 Å². The van der Waals surface area contributed by atoms with Gasteiger partial charge in [-0.3, -0.25) is 14.5 Å². The Morgan fingerprint density at radius 3 is 2.04 bits per heavy atom. The van der Waals surface area contributed by atoms with Gasteiger partial charge in [0.05, 0.1) is 23.1 Å². The lowest BCUT2D eigenvalue weighted by molar-refractivity contribution is -0.123. The Kier molecular flexibility index (Phi) is 3.64. The highest BCUT2D eigenvalue weighted by molar-refractivity contribution is 6.22. The van der Waals surface area contributed by atoms with Crippen LogP contribution >= 0.6 is 0 Å². The summed E-state index contributed by atoms with van der Waals surface area (Å²) in [7, 11) is 0. The number of benzene rings is 2. The minimum absolute atomic E-state index is 0.0724. The van der Waals surface area contributed by atoms with Crippen LogP contribution in [-0.4, -0.2) is 17.8 Å². The topological polar surface area (TPSA) is 63.7 Å². The van der Waals surface area contributed by atoms with E-state index in [9.17, 15) is 14.4 Å². The fraction of sp³-hybridized carbons (Fsp3) is 0.318. The van der Waals surface area contributed by atoms with Gasteiger partial charge in [-0.15, -0.1) is 0 Å². The molecule has 0 N–H and O–H groups in total. The molecule has 1 heterocycles. The average Bonchev–Trinajstić information content (AvgIpc) is 3.37. The average molecular weight is 361 g/mol. The third-order valence-electron chi connectivity index (χ3n) is 6.24. The van der Waals surface area contributed by atoms with Gasteiger partial charge in [-0.05, 0) is 67.5 Å². The second kappa shape index (κ2) is 6.05. The molecule has 27 heavy (non-hydrogen) atoms. The molecule has 0 spiro atoms. The number of imide groups is 1. The van der Waals surface area contributed by atoms with Crippen LogP contribution in [0.5, 0.6) is 5.75 Å². The van der Waals surface area contributed by atoms with Crippen LogP contribution in [0, 0.1) is 23.7 Å². The van der Waals surface area contributed by atoms with E-state index < -0.39 is 5.97 Å². The van der Waals surface area contributed by atoms with Crippen molar-refractivity contribution >= 4 is 23.5 Å². The SMILES string of the molecule is O=C(Oc1ccccc1)c1ccc(N2C(=O)[C@@H]3[C@H]4CC[C@H](C4)[C@@H]3C2=O)cc1. The maximum atomic E-state index is 12.9. The largest absolute Gasteiger partial charge is 0.423 e. The molecule has 2 bridgehead atoms. The molecule has 2 aromatic carbocycles. The van der Waals surface area contributed by atoms with Gasteiger partial charge in [0.25, 0.3) is 0 Å². The Bertz CT molecular complexity index is 893. The number of carbonyl (C=O) groups excluding carboxylic acids is 3. The van der Waals surface area contributed by atoms with E-state index in [1.54, 1.807) is 48.5 Å². The van der Waals surface area contributed by atoms with Gasteiger partial charge in [-0.2, -0.15) is 0 Å². The molecule has 3 aliphatic rings. The van der Waals surface area contributed by atoms with E-state index in [0.717, 1.165) is 19.3 Å². The van der Waals surface area contributed by atoms with E-state index in [4.69, 9.17) is 4.74 Å². The summed E-state index contributed by atoms with van der Waals surface area (Å²) in [6.45, 7) is 0. The second-order valence-corrected chi connectivity index (χ2v) is 7.65. The van der Waals surface area contributed by atoms with Crippen molar-refractivity contribution in [2.75, 3.05) is 4.90 Å². The Labute approximate surface area is 156 Å². The fourth-order valence-electron chi connectivity index (χ4n) is 5.06. The van der Waals surface area contributed by atoms with E-state index in [0.29, 0.717) is 28.8 Å². The highest BCUT2D eigenvalue weighted by Gasteiger charge is 2.61. The van der Waals surface area contributed by atoms with Crippen LogP contribution in [0.2, 0.25) is 0 Å². The summed E-state index contributed by atoms with van der Waals surface area (Å²) in [5.41, 5.74) is 0.914. The van der Waals surface area contributed by atoms with Crippen LogP contribution < -0.4 is 9.64 Å². The summed E-state index contributed by atoms with van der Waals surface area (Å²) in [6, 6.07) is 15.4. The quantitative estimate of drug-likeness (QED) is 0.477. The van der Waals surface area contributed by atoms with Gasteiger partial charge in [-0.1, -0.05) is 18.2 Å². The van der Waals surface area contributed by atoms with Crippen molar-refractivity contribution in [3.05, 3.63) is 60.2 Å². The summed E-state index contributed by atoms with van der Waals surface area (Å²) < 4.78 is 5.32. The van der Waals surface area contributed by atoms with Crippen molar-refractivity contribution in [3.63, 3.8) is 0 Å². The third-order valence-corrected chi connectivity index (χ3v) is 6.24. The summed E-state index contributed by atoms with van der Waals surface area (Å²) in [5, 5.41) is 0. The van der Waals surface area contributed by atoms with Crippen molar-refractivity contribution < 1.29 is 19.1 Å². The first-order chi connectivity index (χ1) is 13.1.